The molecule has 2 aliphatic rings. The lowest BCUT2D eigenvalue weighted by Crippen LogP contribution is -2.46. The predicted octanol–water partition coefficient (Wildman–Crippen LogP) is 4.29. The van der Waals surface area contributed by atoms with Crippen LogP contribution in [0.1, 0.15) is 63.4 Å². The van der Waals surface area contributed by atoms with Gasteiger partial charge >= 0.3 is 0 Å². The molecule has 1 aromatic rings. The summed E-state index contributed by atoms with van der Waals surface area (Å²) >= 11 is 0. The van der Waals surface area contributed by atoms with Gasteiger partial charge in [-0.3, -0.25) is 4.18 Å². The second kappa shape index (κ2) is 7.60. The van der Waals surface area contributed by atoms with Gasteiger partial charge in [-0.1, -0.05) is 44.1 Å². The minimum absolute atomic E-state index is 0.207. The second-order valence-corrected chi connectivity index (χ2v) is 8.99. The minimum atomic E-state index is -3.80. The molecule has 0 atom stereocenters. The molecule has 2 fully saturated rings. The Kier molecular flexibility index (Phi) is 5.66. The van der Waals surface area contributed by atoms with Crippen LogP contribution in [-0.4, -0.2) is 25.2 Å². The number of rotatable bonds is 5. The molecule has 0 amide bonds. The molecule has 5 heteroatoms. The van der Waals surface area contributed by atoms with Crippen LogP contribution in [-0.2, 0) is 14.3 Å². The predicted molar refractivity (Wildman–Crippen MR) is 98.6 cm³/mol. The molecule has 0 saturated heterocycles. The van der Waals surface area contributed by atoms with Crippen molar-refractivity contribution in [3.63, 3.8) is 0 Å². The lowest BCUT2D eigenvalue weighted by atomic mass is 9.69. The second-order valence-electron chi connectivity index (χ2n) is 7.44. The van der Waals surface area contributed by atoms with Gasteiger partial charge in [0.1, 0.15) is 0 Å². The molecule has 0 unspecified atom stereocenters. The largest absolute Gasteiger partial charge is 0.393 e. The Labute approximate surface area is 151 Å². The van der Waals surface area contributed by atoms with E-state index in [0.29, 0.717) is 0 Å². The molecular formula is C20H28O4S. The van der Waals surface area contributed by atoms with E-state index >= 15 is 0 Å². The van der Waals surface area contributed by atoms with E-state index in [2.05, 4.69) is 6.58 Å². The first-order valence-electron chi connectivity index (χ1n) is 9.31. The Balaban J connectivity index is 1.84. The average Bonchev–Trinajstić information content (AvgIpc) is 2.62. The Morgan fingerprint density at radius 1 is 1.04 bits per heavy atom. The van der Waals surface area contributed by atoms with E-state index in [0.717, 1.165) is 63.4 Å². The summed E-state index contributed by atoms with van der Waals surface area (Å²) in [5.74, 6) is 0.207. The summed E-state index contributed by atoms with van der Waals surface area (Å²) in [6, 6.07) is 6.67. The minimum Gasteiger partial charge on any atom is -0.393 e. The zero-order valence-corrected chi connectivity index (χ0v) is 15.5. The molecule has 4 nitrogen and oxygen atoms in total. The van der Waals surface area contributed by atoms with Crippen LogP contribution in [0.5, 0.6) is 0 Å². The fourth-order valence-electron chi connectivity index (χ4n) is 4.35. The van der Waals surface area contributed by atoms with Crippen LogP contribution < -0.4 is 0 Å². The number of hydrogen-bond donors (Lipinski definition) is 1. The third kappa shape index (κ3) is 4.15. The molecule has 138 valence electrons. The summed E-state index contributed by atoms with van der Waals surface area (Å²) in [4.78, 5) is 0.207. The molecule has 0 aromatic heterocycles. The van der Waals surface area contributed by atoms with E-state index in [-0.39, 0.29) is 16.9 Å². The van der Waals surface area contributed by atoms with Crippen LogP contribution >= 0.6 is 0 Å². The highest BCUT2D eigenvalue weighted by Crippen LogP contribution is 2.45. The van der Waals surface area contributed by atoms with Gasteiger partial charge in [0.25, 0.3) is 10.1 Å². The van der Waals surface area contributed by atoms with Gasteiger partial charge in [-0.2, -0.15) is 8.42 Å². The van der Waals surface area contributed by atoms with Crippen molar-refractivity contribution >= 4 is 16.2 Å². The van der Waals surface area contributed by atoms with Crippen molar-refractivity contribution in [3.05, 3.63) is 36.4 Å². The fraction of sp³-hybridized carbons (Fsp3) is 0.600. The molecule has 0 heterocycles. The van der Waals surface area contributed by atoms with E-state index in [1.807, 2.05) is 0 Å². The summed E-state index contributed by atoms with van der Waals surface area (Å²) in [6.07, 6.45) is 9.32. The highest BCUT2D eigenvalue weighted by atomic mass is 32.2. The Hall–Kier alpha value is -1.17. The smallest absolute Gasteiger partial charge is 0.297 e. The van der Waals surface area contributed by atoms with E-state index < -0.39 is 15.7 Å². The van der Waals surface area contributed by atoms with E-state index in [1.165, 1.54) is 0 Å². The molecule has 1 aromatic carbocycles. The third-order valence-corrected chi connectivity index (χ3v) is 7.22. The molecule has 0 aliphatic heterocycles. The SMILES string of the molecule is C=Cc1ccc(S(=O)(=O)OC2(C3CCC(O)CC3)CCCCC2)cc1. The summed E-state index contributed by atoms with van der Waals surface area (Å²) in [7, 11) is -3.80. The number of aliphatic hydroxyl groups is 1. The molecule has 3 rings (SSSR count). The molecular weight excluding hydrogens is 336 g/mol. The zero-order chi connectivity index (χ0) is 17.9. The van der Waals surface area contributed by atoms with Crippen molar-refractivity contribution in [3.8, 4) is 0 Å². The highest BCUT2D eigenvalue weighted by Gasteiger charge is 2.45. The third-order valence-electron chi connectivity index (χ3n) is 5.82. The molecule has 1 N–H and O–H groups in total. The van der Waals surface area contributed by atoms with Crippen LogP contribution in [0.15, 0.2) is 35.7 Å². The Morgan fingerprint density at radius 2 is 1.64 bits per heavy atom. The van der Waals surface area contributed by atoms with Crippen molar-refractivity contribution in [1.29, 1.82) is 0 Å². The van der Waals surface area contributed by atoms with Crippen LogP contribution in [0.25, 0.3) is 6.08 Å². The first kappa shape index (κ1) is 18.6. The normalized spacial score (nSPS) is 26.9. The van der Waals surface area contributed by atoms with Gasteiger partial charge < -0.3 is 5.11 Å². The Morgan fingerprint density at radius 3 is 2.20 bits per heavy atom. The van der Waals surface area contributed by atoms with Crippen LogP contribution in [0.2, 0.25) is 0 Å². The van der Waals surface area contributed by atoms with E-state index in [9.17, 15) is 13.5 Å². The van der Waals surface area contributed by atoms with Crippen molar-refractivity contribution in [2.45, 2.75) is 74.4 Å². The van der Waals surface area contributed by atoms with Gasteiger partial charge in [0.2, 0.25) is 0 Å². The van der Waals surface area contributed by atoms with Gasteiger partial charge in [0, 0.05) is 0 Å². The highest BCUT2D eigenvalue weighted by molar-refractivity contribution is 7.86. The maximum Gasteiger partial charge on any atom is 0.297 e. The van der Waals surface area contributed by atoms with Gasteiger partial charge in [-0.15, -0.1) is 0 Å². The lowest BCUT2D eigenvalue weighted by molar-refractivity contribution is -0.0467. The van der Waals surface area contributed by atoms with E-state index in [1.54, 1.807) is 30.3 Å². The maximum absolute atomic E-state index is 12.9. The number of hydrogen-bond acceptors (Lipinski definition) is 4. The van der Waals surface area contributed by atoms with E-state index in [4.69, 9.17) is 4.18 Å². The maximum atomic E-state index is 12.9. The molecule has 2 saturated carbocycles. The summed E-state index contributed by atoms with van der Waals surface area (Å²) in [6.45, 7) is 3.69. The van der Waals surface area contributed by atoms with Crippen LogP contribution in [0.3, 0.4) is 0 Å². The zero-order valence-electron chi connectivity index (χ0n) is 14.7. The van der Waals surface area contributed by atoms with Crippen molar-refractivity contribution < 1.29 is 17.7 Å². The first-order valence-corrected chi connectivity index (χ1v) is 10.7. The van der Waals surface area contributed by atoms with Gasteiger partial charge in [0.15, 0.2) is 0 Å². The summed E-state index contributed by atoms with van der Waals surface area (Å²) in [5, 5.41) is 9.80. The van der Waals surface area contributed by atoms with Gasteiger partial charge in [0.05, 0.1) is 16.6 Å². The van der Waals surface area contributed by atoms with Crippen LogP contribution in [0, 0.1) is 5.92 Å². The molecule has 25 heavy (non-hydrogen) atoms. The van der Waals surface area contributed by atoms with Crippen molar-refractivity contribution in [2.75, 3.05) is 0 Å². The molecule has 0 spiro atoms. The van der Waals surface area contributed by atoms with Gasteiger partial charge in [-0.25, -0.2) is 0 Å². The Bertz CT molecular complexity index is 679. The van der Waals surface area contributed by atoms with Crippen molar-refractivity contribution in [1.82, 2.24) is 0 Å². The fourth-order valence-corrected chi connectivity index (χ4v) is 5.65. The summed E-state index contributed by atoms with van der Waals surface area (Å²) in [5.41, 5.74) is 0.279. The van der Waals surface area contributed by atoms with Crippen molar-refractivity contribution in [2.24, 2.45) is 5.92 Å². The molecule has 0 bridgehead atoms. The molecule has 2 aliphatic carbocycles. The lowest BCUT2D eigenvalue weighted by Gasteiger charge is -2.44. The van der Waals surface area contributed by atoms with Gasteiger partial charge in [-0.05, 0) is 62.1 Å². The number of benzene rings is 1. The first-order chi connectivity index (χ1) is 12.0. The molecule has 0 radical (unpaired) electrons. The van der Waals surface area contributed by atoms with Crippen LogP contribution in [0.4, 0.5) is 0 Å². The standard InChI is InChI=1S/C20H28O4S/c1-2-16-6-12-19(13-7-16)25(22,23)24-20(14-4-3-5-15-20)17-8-10-18(21)11-9-17/h2,6-7,12-13,17-18,21H,1,3-5,8-11,14-15H2. The monoisotopic (exact) mass is 364 g/mol. The topological polar surface area (TPSA) is 63.6 Å². The summed E-state index contributed by atoms with van der Waals surface area (Å²) < 4.78 is 31.8. The average molecular weight is 365 g/mol. The quantitative estimate of drug-likeness (QED) is 0.792. The number of aliphatic hydroxyl groups excluding tert-OH is 1.